The minimum absolute atomic E-state index is 0.0560. The molecule has 0 bridgehead atoms. The van der Waals surface area contributed by atoms with E-state index in [2.05, 4.69) is 16.0 Å². The highest BCUT2D eigenvalue weighted by Crippen LogP contribution is 2.05. The zero-order chi connectivity index (χ0) is 18.4. The quantitative estimate of drug-likeness (QED) is 0.505. The average molecular weight is 347 g/mol. The number of hydrogen-bond donors (Lipinski definition) is 3. The van der Waals surface area contributed by atoms with Crippen LogP contribution in [0, 0.1) is 5.92 Å². The number of hydrogen-bond acceptors (Lipinski definition) is 6. The molecule has 1 atom stereocenters. The standard InChI is InChI=1S/C15H29N3O6/c1-5-17-14(20)23-9-12(10-24-15(21)18-6-2)22-8-7-11(3)13(19)16-4/h11-12H,5-10H2,1-4H3,(H,16,19)(H,17,20)(H,18,21). The molecule has 24 heavy (non-hydrogen) atoms. The minimum Gasteiger partial charge on any atom is -0.447 e. The fourth-order valence-electron chi connectivity index (χ4n) is 1.66. The first-order chi connectivity index (χ1) is 11.4. The molecule has 3 amide bonds. The number of ether oxygens (including phenoxy) is 3. The molecule has 0 aliphatic heterocycles. The third-order valence-electron chi connectivity index (χ3n) is 3.04. The van der Waals surface area contributed by atoms with Crippen molar-refractivity contribution in [2.75, 3.05) is 40.0 Å². The third kappa shape index (κ3) is 10.7. The van der Waals surface area contributed by atoms with Gasteiger partial charge in [0.15, 0.2) is 0 Å². The Labute approximate surface area is 142 Å². The molecule has 0 aromatic carbocycles. The Morgan fingerprint density at radius 2 is 1.46 bits per heavy atom. The lowest BCUT2D eigenvalue weighted by molar-refractivity contribution is -0.124. The second-order valence-electron chi connectivity index (χ2n) is 5.05. The minimum atomic E-state index is -0.605. The molecule has 140 valence electrons. The number of rotatable bonds is 11. The lowest BCUT2D eigenvalue weighted by atomic mass is 10.1. The van der Waals surface area contributed by atoms with E-state index in [4.69, 9.17) is 14.2 Å². The average Bonchev–Trinajstić information content (AvgIpc) is 2.56. The van der Waals surface area contributed by atoms with Gasteiger partial charge in [0.1, 0.15) is 19.3 Å². The lowest BCUT2D eigenvalue weighted by Gasteiger charge is -2.19. The van der Waals surface area contributed by atoms with Crippen molar-refractivity contribution < 1.29 is 28.6 Å². The molecule has 0 aromatic heterocycles. The predicted octanol–water partition coefficient (Wildman–Crippen LogP) is 0.636. The summed E-state index contributed by atoms with van der Waals surface area (Å²) < 4.78 is 15.6. The van der Waals surface area contributed by atoms with Gasteiger partial charge in [-0.1, -0.05) is 6.92 Å². The van der Waals surface area contributed by atoms with E-state index in [1.807, 2.05) is 0 Å². The molecule has 9 nitrogen and oxygen atoms in total. The van der Waals surface area contributed by atoms with Crippen molar-refractivity contribution in [3.8, 4) is 0 Å². The summed E-state index contributed by atoms with van der Waals surface area (Å²) in [5.74, 6) is -0.281. The molecule has 0 saturated carbocycles. The zero-order valence-electron chi connectivity index (χ0n) is 14.8. The normalized spacial score (nSPS) is 11.5. The molecule has 0 aromatic rings. The van der Waals surface area contributed by atoms with E-state index in [0.29, 0.717) is 19.5 Å². The second-order valence-corrected chi connectivity index (χ2v) is 5.05. The van der Waals surface area contributed by atoms with Crippen LogP contribution in [0.15, 0.2) is 0 Å². The topological polar surface area (TPSA) is 115 Å². The lowest BCUT2D eigenvalue weighted by Crippen LogP contribution is -2.34. The summed E-state index contributed by atoms with van der Waals surface area (Å²) in [6.07, 6.45) is -1.24. The Balaban J connectivity index is 4.31. The van der Waals surface area contributed by atoms with E-state index in [1.54, 1.807) is 27.8 Å². The molecule has 3 N–H and O–H groups in total. The van der Waals surface area contributed by atoms with Crippen LogP contribution in [0.3, 0.4) is 0 Å². The van der Waals surface area contributed by atoms with Gasteiger partial charge in [-0.15, -0.1) is 0 Å². The maximum absolute atomic E-state index is 11.4. The van der Waals surface area contributed by atoms with Gasteiger partial charge >= 0.3 is 12.2 Å². The first kappa shape index (κ1) is 22.0. The first-order valence-electron chi connectivity index (χ1n) is 8.08. The molecular weight excluding hydrogens is 318 g/mol. The Bertz CT molecular complexity index is 369. The molecule has 0 aliphatic carbocycles. The van der Waals surface area contributed by atoms with Crippen molar-refractivity contribution >= 4 is 18.1 Å². The van der Waals surface area contributed by atoms with Gasteiger partial charge in [0, 0.05) is 32.7 Å². The van der Waals surface area contributed by atoms with Crippen LogP contribution < -0.4 is 16.0 Å². The molecule has 1 unspecified atom stereocenters. The molecule has 0 saturated heterocycles. The van der Waals surface area contributed by atoms with Crippen molar-refractivity contribution in [2.24, 2.45) is 5.92 Å². The summed E-state index contributed by atoms with van der Waals surface area (Å²) in [4.78, 5) is 34.1. The monoisotopic (exact) mass is 347 g/mol. The van der Waals surface area contributed by atoms with Crippen LogP contribution in [0.2, 0.25) is 0 Å². The molecule has 0 fully saturated rings. The number of carbonyl (C=O) groups is 3. The zero-order valence-corrected chi connectivity index (χ0v) is 14.8. The van der Waals surface area contributed by atoms with Crippen molar-refractivity contribution in [1.29, 1.82) is 0 Å². The number of amides is 3. The van der Waals surface area contributed by atoms with E-state index in [9.17, 15) is 14.4 Å². The Morgan fingerprint density at radius 3 is 1.88 bits per heavy atom. The summed E-state index contributed by atoms with van der Waals surface area (Å²) in [5, 5.41) is 7.55. The van der Waals surface area contributed by atoms with Crippen LogP contribution in [0.1, 0.15) is 27.2 Å². The summed E-state index contributed by atoms with van der Waals surface area (Å²) in [5.41, 5.74) is 0. The van der Waals surface area contributed by atoms with Gasteiger partial charge in [-0.3, -0.25) is 4.79 Å². The Morgan fingerprint density at radius 1 is 0.958 bits per heavy atom. The Hall–Kier alpha value is -2.03. The molecule has 0 rings (SSSR count). The molecule has 0 radical (unpaired) electrons. The smallest absolute Gasteiger partial charge is 0.407 e. The highest BCUT2D eigenvalue weighted by atomic mass is 16.6. The molecule has 0 heterocycles. The van der Waals surface area contributed by atoms with E-state index >= 15 is 0 Å². The summed E-state index contributed by atoms with van der Waals surface area (Å²) >= 11 is 0. The SMILES string of the molecule is CCNC(=O)OCC(COC(=O)NCC)OCCC(C)C(=O)NC. The van der Waals surface area contributed by atoms with Crippen LogP contribution in [0.25, 0.3) is 0 Å². The van der Waals surface area contributed by atoms with Crippen molar-refractivity contribution in [2.45, 2.75) is 33.3 Å². The van der Waals surface area contributed by atoms with Gasteiger partial charge < -0.3 is 30.2 Å². The van der Waals surface area contributed by atoms with Gasteiger partial charge in [-0.2, -0.15) is 0 Å². The van der Waals surface area contributed by atoms with Crippen molar-refractivity contribution in [3.05, 3.63) is 0 Å². The van der Waals surface area contributed by atoms with E-state index in [0.717, 1.165) is 0 Å². The maximum Gasteiger partial charge on any atom is 0.407 e. The maximum atomic E-state index is 11.4. The van der Waals surface area contributed by atoms with Gasteiger partial charge in [-0.05, 0) is 20.3 Å². The van der Waals surface area contributed by atoms with Crippen molar-refractivity contribution in [3.63, 3.8) is 0 Å². The van der Waals surface area contributed by atoms with E-state index in [1.165, 1.54) is 0 Å². The van der Waals surface area contributed by atoms with Crippen LogP contribution in [-0.4, -0.2) is 64.2 Å². The molecule has 9 heteroatoms. The van der Waals surface area contributed by atoms with Crippen LogP contribution >= 0.6 is 0 Å². The van der Waals surface area contributed by atoms with E-state index in [-0.39, 0.29) is 31.6 Å². The van der Waals surface area contributed by atoms with Gasteiger partial charge in [-0.25, -0.2) is 9.59 Å². The van der Waals surface area contributed by atoms with Gasteiger partial charge in [0.25, 0.3) is 0 Å². The van der Waals surface area contributed by atoms with Gasteiger partial charge in [0.2, 0.25) is 5.91 Å². The number of carbonyl (C=O) groups excluding carboxylic acids is 3. The fraction of sp³-hybridized carbons (Fsp3) is 0.800. The second kappa shape index (κ2) is 13.4. The summed E-state index contributed by atoms with van der Waals surface area (Å²) in [7, 11) is 1.57. The number of nitrogens with one attached hydrogen (secondary N) is 3. The third-order valence-corrected chi connectivity index (χ3v) is 3.04. The Kier molecular flexibility index (Phi) is 12.3. The van der Waals surface area contributed by atoms with Crippen molar-refractivity contribution in [1.82, 2.24) is 16.0 Å². The first-order valence-corrected chi connectivity index (χ1v) is 8.08. The van der Waals surface area contributed by atoms with Crippen LogP contribution in [0.5, 0.6) is 0 Å². The highest BCUT2D eigenvalue weighted by Gasteiger charge is 2.17. The molecule has 0 spiro atoms. The fourth-order valence-corrected chi connectivity index (χ4v) is 1.66. The highest BCUT2D eigenvalue weighted by molar-refractivity contribution is 5.77. The summed E-state index contributed by atoms with van der Waals surface area (Å²) in [6.45, 7) is 6.39. The van der Waals surface area contributed by atoms with Crippen LogP contribution in [-0.2, 0) is 19.0 Å². The summed E-state index contributed by atoms with van der Waals surface area (Å²) in [6, 6.07) is 0. The van der Waals surface area contributed by atoms with Gasteiger partial charge in [0.05, 0.1) is 0 Å². The number of alkyl carbamates (subject to hydrolysis) is 2. The molecular formula is C15H29N3O6. The largest absolute Gasteiger partial charge is 0.447 e. The predicted molar refractivity (Wildman–Crippen MR) is 87.6 cm³/mol. The van der Waals surface area contributed by atoms with Crippen LogP contribution in [0.4, 0.5) is 9.59 Å². The van der Waals surface area contributed by atoms with E-state index < -0.39 is 18.3 Å². The molecule has 0 aliphatic rings.